The van der Waals surface area contributed by atoms with Crippen LogP contribution >= 0.6 is 21.6 Å². The zero-order valence-electron chi connectivity index (χ0n) is 15.1. The van der Waals surface area contributed by atoms with Crippen LogP contribution in [0, 0.1) is 5.92 Å². The van der Waals surface area contributed by atoms with Gasteiger partial charge in [-0.15, -0.1) is 0 Å². The van der Waals surface area contributed by atoms with Crippen molar-refractivity contribution in [1.29, 1.82) is 0 Å². The predicted octanol–water partition coefficient (Wildman–Crippen LogP) is 2.40. The SMILES string of the molecule is CC(C)COC(=O)NC(CSSC(C)C)C(=O)NC1CCNCC1. The van der Waals surface area contributed by atoms with Crippen molar-refractivity contribution in [3.63, 3.8) is 0 Å². The lowest BCUT2D eigenvalue weighted by Crippen LogP contribution is -2.52. The van der Waals surface area contributed by atoms with Gasteiger partial charge in [-0.3, -0.25) is 4.79 Å². The van der Waals surface area contributed by atoms with E-state index >= 15 is 0 Å². The Morgan fingerprint density at radius 1 is 1.21 bits per heavy atom. The second-order valence-corrected chi connectivity index (χ2v) is 9.64. The predicted molar refractivity (Wildman–Crippen MR) is 102 cm³/mol. The van der Waals surface area contributed by atoms with Gasteiger partial charge in [-0.2, -0.15) is 0 Å². The Morgan fingerprint density at radius 3 is 2.46 bits per heavy atom. The first-order valence-corrected chi connectivity index (χ1v) is 11.0. The normalized spacial score (nSPS) is 16.9. The number of hydrogen-bond acceptors (Lipinski definition) is 6. The van der Waals surface area contributed by atoms with Gasteiger partial charge in [0.2, 0.25) is 5.91 Å². The van der Waals surface area contributed by atoms with Gasteiger partial charge in [0.05, 0.1) is 6.61 Å². The number of hydrogen-bond donors (Lipinski definition) is 3. The molecular formula is C16H31N3O3S2. The van der Waals surface area contributed by atoms with Gasteiger partial charge < -0.3 is 20.7 Å². The monoisotopic (exact) mass is 377 g/mol. The number of piperidine rings is 1. The minimum absolute atomic E-state index is 0.125. The molecule has 0 aliphatic carbocycles. The van der Waals surface area contributed by atoms with Crippen LogP contribution in [-0.2, 0) is 9.53 Å². The fourth-order valence-electron chi connectivity index (χ4n) is 2.12. The minimum atomic E-state index is -0.573. The largest absolute Gasteiger partial charge is 0.449 e. The van der Waals surface area contributed by atoms with Crippen LogP contribution in [0.4, 0.5) is 4.79 Å². The van der Waals surface area contributed by atoms with E-state index in [1.54, 1.807) is 21.6 Å². The van der Waals surface area contributed by atoms with Crippen LogP contribution in [0.25, 0.3) is 0 Å². The van der Waals surface area contributed by atoms with Gasteiger partial charge in [-0.05, 0) is 31.8 Å². The van der Waals surface area contributed by atoms with Crippen LogP contribution in [0.5, 0.6) is 0 Å². The molecule has 1 atom stereocenters. The molecule has 3 N–H and O–H groups in total. The molecule has 0 aromatic rings. The quantitative estimate of drug-likeness (QED) is 0.536. The van der Waals surface area contributed by atoms with Gasteiger partial charge in [0.15, 0.2) is 0 Å². The molecule has 2 amide bonds. The maximum absolute atomic E-state index is 12.5. The molecule has 0 saturated carbocycles. The molecule has 0 aromatic carbocycles. The fraction of sp³-hybridized carbons (Fsp3) is 0.875. The molecule has 24 heavy (non-hydrogen) atoms. The van der Waals surface area contributed by atoms with Gasteiger partial charge in [0.1, 0.15) is 6.04 Å². The Morgan fingerprint density at radius 2 is 1.88 bits per heavy atom. The third-order valence-corrected chi connectivity index (χ3v) is 6.30. The summed E-state index contributed by atoms with van der Waals surface area (Å²) >= 11 is 0. The molecule has 0 radical (unpaired) electrons. The smallest absolute Gasteiger partial charge is 0.407 e. The lowest BCUT2D eigenvalue weighted by atomic mass is 10.1. The summed E-state index contributed by atoms with van der Waals surface area (Å²) in [7, 11) is 3.30. The third kappa shape index (κ3) is 9.64. The highest BCUT2D eigenvalue weighted by molar-refractivity contribution is 8.76. The number of nitrogens with one attached hydrogen (secondary N) is 3. The van der Waals surface area contributed by atoms with Gasteiger partial charge in [0.25, 0.3) is 0 Å². The molecule has 140 valence electrons. The first-order valence-electron chi connectivity index (χ1n) is 8.61. The summed E-state index contributed by atoms with van der Waals surface area (Å²) in [6.45, 7) is 10.3. The first kappa shape index (κ1) is 21.4. The zero-order chi connectivity index (χ0) is 17.9. The summed E-state index contributed by atoms with van der Waals surface area (Å²) in [5.74, 6) is 0.667. The van der Waals surface area contributed by atoms with E-state index in [2.05, 4.69) is 29.8 Å². The maximum Gasteiger partial charge on any atom is 0.407 e. The highest BCUT2D eigenvalue weighted by atomic mass is 33.1. The molecule has 0 spiro atoms. The van der Waals surface area contributed by atoms with E-state index in [1.165, 1.54) is 0 Å². The molecular weight excluding hydrogens is 346 g/mol. The summed E-state index contributed by atoms with van der Waals surface area (Å²) in [4.78, 5) is 24.4. The highest BCUT2D eigenvalue weighted by Crippen LogP contribution is 2.26. The number of carbonyl (C=O) groups is 2. The summed E-state index contributed by atoms with van der Waals surface area (Å²) in [6, 6.07) is -0.395. The standard InChI is InChI=1S/C16H31N3O3S2/c1-11(2)9-22-16(21)19-14(10-23-24-12(3)4)15(20)18-13-5-7-17-8-6-13/h11-14,17H,5-10H2,1-4H3,(H,18,20)(H,19,21). The van der Waals surface area contributed by atoms with E-state index in [0.29, 0.717) is 17.6 Å². The lowest BCUT2D eigenvalue weighted by Gasteiger charge is -2.26. The molecule has 1 aliphatic heterocycles. The molecule has 6 nitrogen and oxygen atoms in total. The van der Waals surface area contributed by atoms with Gasteiger partial charge in [-0.25, -0.2) is 4.79 Å². The van der Waals surface area contributed by atoms with Crippen LogP contribution in [0.15, 0.2) is 0 Å². The van der Waals surface area contributed by atoms with Crippen molar-refractivity contribution in [2.24, 2.45) is 5.92 Å². The second-order valence-electron chi connectivity index (χ2n) is 6.65. The molecule has 8 heteroatoms. The van der Waals surface area contributed by atoms with Gasteiger partial charge >= 0.3 is 6.09 Å². The zero-order valence-corrected chi connectivity index (χ0v) is 16.7. The highest BCUT2D eigenvalue weighted by Gasteiger charge is 2.25. The summed E-state index contributed by atoms with van der Waals surface area (Å²) in [5, 5.41) is 9.51. The summed E-state index contributed by atoms with van der Waals surface area (Å²) in [5.41, 5.74) is 0. The number of alkyl carbamates (subject to hydrolysis) is 1. The van der Waals surface area contributed by atoms with Crippen molar-refractivity contribution < 1.29 is 14.3 Å². The van der Waals surface area contributed by atoms with Crippen molar-refractivity contribution in [3.05, 3.63) is 0 Å². The number of carbonyl (C=O) groups excluding carboxylic acids is 2. The van der Waals surface area contributed by atoms with Crippen LogP contribution in [0.1, 0.15) is 40.5 Å². The summed E-state index contributed by atoms with van der Waals surface area (Å²) in [6.07, 6.45) is 1.32. The average Bonchev–Trinajstić information content (AvgIpc) is 2.52. The van der Waals surface area contributed by atoms with Crippen molar-refractivity contribution in [2.45, 2.75) is 57.9 Å². The number of ether oxygens (including phenoxy) is 1. The number of rotatable bonds is 9. The van der Waals surface area contributed by atoms with E-state index in [-0.39, 0.29) is 17.9 Å². The molecule has 0 bridgehead atoms. The van der Waals surface area contributed by atoms with E-state index in [1.807, 2.05) is 13.8 Å². The van der Waals surface area contributed by atoms with E-state index in [0.717, 1.165) is 25.9 Å². The van der Waals surface area contributed by atoms with Crippen LogP contribution in [0.3, 0.4) is 0 Å². The van der Waals surface area contributed by atoms with Crippen LogP contribution in [0.2, 0.25) is 0 Å². The Hall–Kier alpha value is -0.600. The van der Waals surface area contributed by atoms with E-state index in [9.17, 15) is 9.59 Å². The van der Waals surface area contributed by atoms with E-state index in [4.69, 9.17) is 4.74 Å². The Bertz CT molecular complexity index is 389. The molecule has 0 aromatic heterocycles. The minimum Gasteiger partial charge on any atom is -0.449 e. The van der Waals surface area contributed by atoms with Crippen molar-refractivity contribution in [2.75, 3.05) is 25.4 Å². The van der Waals surface area contributed by atoms with Crippen LogP contribution < -0.4 is 16.0 Å². The summed E-state index contributed by atoms with van der Waals surface area (Å²) < 4.78 is 5.15. The Kier molecular flexibility index (Phi) is 10.6. The van der Waals surface area contributed by atoms with Crippen molar-refractivity contribution in [3.8, 4) is 0 Å². The van der Waals surface area contributed by atoms with Gasteiger partial charge in [0, 0.05) is 17.0 Å². The van der Waals surface area contributed by atoms with Crippen molar-refractivity contribution >= 4 is 33.6 Å². The van der Waals surface area contributed by atoms with Crippen LogP contribution in [-0.4, -0.2) is 54.8 Å². The Labute approximate surface area is 153 Å². The first-order chi connectivity index (χ1) is 11.4. The lowest BCUT2D eigenvalue weighted by molar-refractivity contribution is -0.123. The Balaban J connectivity index is 2.51. The molecule has 1 rings (SSSR count). The molecule has 1 fully saturated rings. The molecule has 1 aliphatic rings. The molecule has 1 saturated heterocycles. The molecule has 1 heterocycles. The van der Waals surface area contributed by atoms with Gasteiger partial charge in [-0.1, -0.05) is 49.3 Å². The maximum atomic E-state index is 12.5. The van der Waals surface area contributed by atoms with E-state index < -0.39 is 12.1 Å². The third-order valence-electron chi connectivity index (χ3n) is 3.34. The average molecular weight is 378 g/mol. The molecule has 1 unspecified atom stereocenters. The fourth-order valence-corrected chi connectivity index (χ4v) is 4.30. The number of amides is 2. The second kappa shape index (κ2) is 11.9. The topological polar surface area (TPSA) is 79.5 Å². The van der Waals surface area contributed by atoms with Crippen molar-refractivity contribution in [1.82, 2.24) is 16.0 Å².